The molecule has 1 amide bonds. The minimum atomic E-state index is -1.48. The average molecular weight is 407 g/mol. The molecule has 0 bridgehead atoms. The summed E-state index contributed by atoms with van der Waals surface area (Å²) in [5.41, 5.74) is 0.0122. The van der Waals surface area contributed by atoms with Crippen LogP contribution in [-0.2, 0) is 16.1 Å². The van der Waals surface area contributed by atoms with E-state index in [1.165, 1.54) is 12.1 Å². The van der Waals surface area contributed by atoms with Crippen molar-refractivity contribution in [3.8, 4) is 0 Å². The second kappa shape index (κ2) is 7.98. The standard InChI is InChI=1S/C19H16Cl2N2O4/c20-13-6-7-16(21)15(8-13)17(24)22-11-14-10-19(18(25)26,27-23-14)9-12-4-2-1-3-5-12/h1-8H,9-11H2,(H,22,24)(H,25,26). The zero-order valence-electron chi connectivity index (χ0n) is 14.1. The third kappa shape index (κ3) is 4.40. The van der Waals surface area contributed by atoms with Crippen LogP contribution in [0.3, 0.4) is 0 Å². The van der Waals surface area contributed by atoms with Crippen LogP contribution in [0, 0.1) is 0 Å². The first-order chi connectivity index (χ1) is 12.9. The predicted molar refractivity (Wildman–Crippen MR) is 102 cm³/mol. The molecule has 0 aliphatic carbocycles. The number of oxime groups is 1. The lowest BCUT2D eigenvalue weighted by Crippen LogP contribution is -2.42. The van der Waals surface area contributed by atoms with Crippen LogP contribution in [-0.4, -0.2) is 34.8 Å². The number of carbonyl (C=O) groups excluding carboxylic acids is 1. The van der Waals surface area contributed by atoms with Crippen LogP contribution in [0.25, 0.3) is 0 Å². The van der Waals surface area contributed by atoms with Crippen molar-refractivity contribution in [3.05, 3.63) is 69.7 Å². The van der Waals surface area contributed by atoms with Crippen LogP contribution < -0.4 is 5.32 Å². The highest BCUT2D eigenvalue weighted by Gasteiger charge is 2.46. The van der Waals surface area contributed by atoms with Crippen LogP contribution in [0.15, 0.2) is 53.7 Å². The molecule has 0 aromatic heterocycles. The molecule has 2 aromatic rings. The summed E-state index contributed by atoms with van der Waals surface area (Å²) in [6.45, 7) is 0.0471. The maximum absolute atomic E-state index is 12.3. The van der Waals surface area contributed by atoms with E-state index >= 15 is 0 Å². The molecule has 0 spiro atoms. The summed E-state index contributed by atoms with van der Waals surface area (Å²) in [7, 11) is 0. The van der Waals surface area contributed by atoms with Crippen LogP contribution in [0.4, 0.5) is 0 Å². The normalized spacial score (nSPS) is 18.5. The third-order valence-corrected chi connectivity index (χ3v) is 4.75. The molecule has 2 N–H and O–H groups in total. The van der Waals surface area contributed by atoms with Crippen molar-refractivity contribution in [1.29, 1.82) is 0 Å². The topological polar surface area (TPSA) is 88.0 Å². The molecular formula is C19H16Cl2N2O4. The van der Waals surface area contributed by atoms with Gasteiger partial charge in [0.05, 0.1) is 22.8 Å². The van der Waals surface area contributed by atoms with Gasteiger partial charge in [-0.05, 0) is 23.8 Å². The van der Waals surface area contributed by atoms with E-state index in [-0.39, 0.29) is 30.0 Å². The minimum Gasteiger partial charge on any atom is -0.478 e. The highest BCUT2D eigenvalue weighted by atomic mass is 35.5. The fraction of sp³-hybridized carbons (Fsp3) is 0.211. The molecule has 1 unspecified atom stereocenters. The Hall–Kier alpha value is -2.57. The van der Waals surface area contributed by atoms with Gasteiger partial charge in [0, 0.05) is 17.9 Å². The third-order valence-electron chi connectivity index (χ3n) is 4.19. The number of amides is 1. The van der Waals surface area contributed by atoms with Gasteiger partial charge in [-0.3, -0.25) is 4.79 Å². The molecule has 1 atom stereocenters. The van der Waals surface area contributed by atoms with Crippen molar-refractivity contribution in [3.63, 3.8) is 0 Å². The lowest BCUT2D eigenvalue weighted by Gasteiger charge is -2.21. The number of benzene rings is 2. The van der Waals surface area contributed by atoms with Crippen molar-refractivity contribution in [2.45, 2.75) is 18.4 Å². The van der Waals surface area contributed by atoms with Crippen LogP contribution in [0.5, 0.6) is 0 Å². The van der Waals surface area contributed by atoms with E-state index in [4.69, 9.17) is 28.0 Å². The summed E-state index contributed by atoms with van der Waals surface area (Å²) in [6.07, 6.45) is 0.241. The van der Waals surface area contributed by atoms with Gasteiger partial charge in [-0.1, -0.05) is 58.7 Å². The Kier molecular flexibility index (Phi) is 5.68. The Morgan fingerprint density at radius 2 is 1.93 bits per heavy atom. The molecule has 1 aliphatic rings. The maximum atomic E-state index is 12.3. The van der Waals surface area contributed by atoms with Gasteiger partial charge in [0.2, 0.25) is 5.60 Å². The number of carboxylic acids is 1. The van der Waals surface area contributed by atoms with Gasteiger partial charge in [0.1, 0.15) is 0 Å². The molecule has 27 heavy (non-hydrogen) atoms. The fourth-order valence-electron chi connectivity index (χ4n) is 2.80. The van der Waals surface area contributed by atoms with Gasteiger partial charge in [0.15, 0.2) is 0 Å². The number of hydrogen-bond acceptors (Lipinski definition) is 4. The van der Waals surface area contributed by atoms with Crippen LogP contribution in [0.1, 0.15) is 22.3 Å². The molecule has 0 saturated heterocycles. The monoisotopic (exact) mass is 406 g/mol. The van der Waals surface area contributed by atoms with Gasteiger partial charge < -0.3 is 15.3 Å². The van der Waals surface area contributed by atoms with Gasteiger partial charge in [-0.15, -0.1) is 0 Å². The van der Waals surface area contributed by atoms with E-state index in [2.05, 4.69) is 10.5 Å². The smallest absolute Gasteiger partial charge is 0.351 e. The van der Waals surface area contributed by atoms with Crippen molar-refractivity contribution in [1.82, 2.24) is 5.32 Å². The minimum absolute atomic E-state index is 0.0471. The second-order valence-corrected chi connectivity index (χ2v) is 7.04. The fourth-order valence-corrected chi connectivity index (χ4v) is 3.18. The number of nitrogens with zero attached hydrogens (tertiary/aromatic N) is 1. The van der Waals surface area contributed by atoms with Crippen molar-refractivity contribution in [2.24, 2.45) is 5.16 Å². The van der Waals surface area contributed by atoms with Crippen LogP contribution in [0.2, 0.25) is 10.0 Å². The summed E-state index contributed by atoms with van der Waals surface area (Å²) in [4.78, 5) is 29.4. The van der Waals surface area contributed by atoms with Gasteiger partial charge >= 0.3 is 5.97 Å². The quantitative estimate of drug-likeness (QED) is 0.767. The number of carboxylic acid groups (broad SMARTS) is 1. The number of nitrogens with one attached hydrogen (secondary N) is 1. The van der Waals surface area contributed by atoms with E-state index in [1.54, 1.807) is 6.07 Å². The Morgan fingerprint density at radius 3 is 2.63 bits per heavy atom. The Bertz CT molecular complexity index is 902. The number of aliphatic carboxylic acids is 1. The molecule has 3 rings (SSSR count). The van der Waals surface area contributed by atoms with E-state index in [0.29, 0.717) is 10.7 Å². The van der Waals surface area contributed by atoms with Crippen molar-refractivity contribution in [2.75, 3.05) is 6.54 Å². The van der Waals surface area contributed by atoms with Crippen molar-refractivity contribution >= 4 is 40.8 Å². The molecule has 2 aromatic carbocycles. The summed E-state index contributed by atoms with van der Waals surface area (Å²) >= 11 is 11.9. The van der Waals surface area contributed by atoms with Crippen LogP contribution >= 0.6 is 23.2 Å². The Balaban J connectivity index is 1.64. The van der Waals surface area contributed by atoms with E-state index < -0.39 is 17.5 Å². The van der Waals surface area contributed by atoms with Gasteiger partial charge in [0.25, 0.3) is 5.91 Å². The molecule has 0 fully saturated rings. The lowest BCUT2D eigenvalue weighted by molar-refractivity contribution is -0.162. The van der Waals surface area contributed by atoms with Gasteiger partial charge in [-0.25, -0.2) is 4.79 Å². The highest BCUT2D eigenvalue weighted by Crippen LogP contribution is 2.29. The highest BCUT2D eigenvalue weighted by molar-refractivity contribution is 6.35. The molecular weight excluding hydrogens is 391 g/mol. The molecule has 8 heteroatoms. The number of carbonyl (C=O) groups is 2. The molecule has 0 saturated carbocycles. The summed E-state index contributed by atoms with van der Waals surface area (Å²) < 4.78 is 0. The molecule has 1 aliphatic heterocycles. The zero-order chi connectivity index (χ0) is 19.4. The predicted octanol–water partition coefficient (Wildman–Crippen LogP) is 3.57. The largest absolute Gasteiger partial charge is 0.478 e. The molecule has 140 valence electrons. The zero-order valence-corrected chi connectivity index (χ0v) is 15.6. The average Bonchev–Trinajstić information content (AvgIpc) is 3.07. The summed E-state index contributed by atoms with van der Waals surface area (Å²) in [5.74, 6) is -1.53. The first-order valence-electron chi connectivity index (χ1n) is 8.14. The number of hydrogen-bond donors (Lipinski definition) is 2. The summed E-state index contributed by atoms with van der Waals surface area (Å²) in [6, 6.07) is 13.7. The number of rotatable bonds is 6. The van der Waals surface area contributed by atoms with E-state index in [0.717, 1.165) is 5.56 Å². The molecule has 1 heterocycles. The Labute approximate surface area is 165 Å². The van der Waals surface area contributed by atoms with E-state index in [1.807, 2.05) is 30.3 Å². The Morgan fingerprint density at radius 1 is 1.19 bits per heavy atom. The summed E-state index contributed by atoms with van der Waals surface area (Å²) in [5, 5.41) is 16.8. The van der Waals surface area contributed by atoms with Gasteiger partial charge in [-0.2, -0.15) is 0 Å². The lowest BCUT2D eigenvalue weighted by atomic mass is 9.90. The number of halogens is 2. The molecule has 0 radical (unpaired) electrons. The maximum Gasteiger partial charge on any atom is 0.351 e. The second-order valence-electron chi connectivity index (χ2n) is 6.19. The SMILES string of the molecule is O=C(NCC1=NOC(Cc2ccccc2)(C(=O)O)C1)c1cc(Cl)ccc1Cl. The molecule has 6 nitrogen and oxygen atoms in total. The first-order valence-corrected chi connectivity index (χ1v) is 8.90. The van der Waals surface area contributed by atoms with E-state index in [9.17, 15) is 14.7 Å². The first kappa shape index (κ1) is 19.2. The van der Waals surface area contributed by atoms with Crippen molar-refractivity contribution < 1.29 is 19.5 Å².